The number of aryl methyl sites for hydroxylation is 1. The minimum atomic E-state index is -1.43. The summed E-state index contributed by atoms with van der Waals surface area (Å²) in [5.41, 5.74) is 1.08. The SMILES string of the molecule is COc1ccc(CCC(O)C(Cl)S(=O)c2ccccc2)cc1. The maximum atomic E-state index is 12.3. The second-order valence-electron chi connectivity index (χ2n) is 4.92. The summed E-state index contributed by atoms with van der Waals surface area (Å²) < 4.78 is 16.6. The summed E-state index contributed by atoms with van der Waals surface area (Å²) in [5, 5.41) is 10.2. The van der Waals surface area contributed by atoms with Crippen LogP contribution in [0.3, 0.4) is 0 Å². The van der Waals surface area contributed by atoms with Crippen molar-refractivity contribution in [3.05, 3.63) is 60.2 Å². The predicted molar refractivity (Wildman–Crippen MR) is 89.8 cm³/mol. The highest BCUT2D eigenvalue weighted by Gasteiger charge is 2.23. The molecule has 0 spiro atoms. The van der Waals surface area contributed by atoms with Gasteiger partial charge in [0, 0.05) is 4.90 Å². The van der Waals surface area contributed by atoms with Crippen LogP contribution < -0.4 is 4.74 Å². The van der Waals surface area contributed by atoms with Gasteiger partial charge < -0.3 is 9.84 Å². The molecule has 0 aliphatic carbocycles. The zero-order chi connectivity index (χ0) is 15.9. The molecule has 2 aromatic carbocycles. The van der Waals surface area contributed by atoms with Crippen LogP contribution in [-0.4, -0.2) is 27.2 Å². The lowest BCUT2D eigenvalue weighted by Gasteiger charge is -2.16. The molecule has 2 aromatic rings. The first-order chi connectivity index (χ1) is 10.6. The zero-order valence-corrected chi connectivity index (χ0v) is 13.9. The number of methoxy groups -OCH3 is 1. The van der Waals surface area contributed by atoms with E-state index in [-0.39, 0.29) is 0 Å². The maximum absolute atomic E-state index is 12.3. The van der Waals surface area contributed by atoms with Crippen LogP contribution in [0, 0.1) is 0 Å². The fraction of sp³-hybridized carbons (Fsp3) is 0.294. The van der Waals surface area contributed by atoms with Gasteiger partial charge in [0.2, 0.25) is 0 Å². The molecule has 3 unspecified atom stereocenters. The van der Waals surface area contributed by atoms with Crippen LogP contribution in [-0.2, 0) is 17.2 Å². The van der Waals surface area contributed by atoms with E-state index in [1.807, 2.05) is 30.3 Å². The van der Waals surface area contributed by atoms with Crippen molar-refractivity contribution in [3.8, 4) is 5.75 Å². The van der Waals surface area contributed by atoms with E-state index in [0.717, 1.165) is 11.3 Å². The molecule has 3 nitrogen and oxygen atoms in total. The van der Waals surface area contributed by atoms with Gasteiger partial charge in [0.25, 0.3) is 0 Å². The van der Waals surface area contributed by atoms with Gasteiger partial charge in [0.05, 0.1) is 24.0 Å². The quantitative estimate of drug-likeness (QED) is 0.787. The number of hydrogen-bond donors (Lipinski definition) is 1. The van der Waals surface area contributed by atoms with Crippen molar-refractivity contribution in [1.29, 1.82) is 0 Å². The Morgan fingerprint density at radius 2 is 1.77 bits per heavy atom. The van der Waals surface area contributed by atoms with Crippen LogP contribution in [0.1, 0.15) is 12.0 Å². The number of alkyl halides is 1. The number of aliphatic hydroxyl groups is 1. The molecule has 5 heteroatoms. The van der Waals surface area contributed by atoms with Crippen LogP contribution in [0.25, 0.3) is 0 Å². The summed E-state index contributed by atoms with van der Waals surface area (Å²) in [7, 11) is 0.195. The van der Waals surface area contributed by atoms with E-state index < -0.39 is 21.6 Å². The molecule has 118 valence electrons. The fourth-order valence-corrected chi connectivity index (χ4v) is 3.61. The smallest absolute Gasteiger partial charge is 0.139 e. The summed E-state index contributed by atoms with van der Waals surface area (Å²) in [6, 6.07) is 16.6. The average Bonchev–Trinajstić information content (AvgIpc) is 2.59. The minimum Gasteiger partial charge on any atom is -0.497 e. The number of ether oxygens (including phenoxy) is 1. The molecule has 0 aliphatic rings. The van der Waals surface area contributed by atoms with Crippen LogP contribution in [0.4, 0.5) is 0 Å². The zero-order valence-electron chi connectivity index (χ0n) is 12.3. The van der Waals surface area contributed by atoms with E-state index in [1.54, 1.807) is 31.4 Å². The van der Waals surface area contributed by atoms with E-state index in [1.165, 1.54) is 0 Å². The summed E-state index contributed by atoms with van der Waals surface area (Å²) in [6.07, 6.45) is 0.296. The first kappa shape index (κ1) is 17.0. The van der Waals surface area contributed by atoms with Crippen LogP contribution >= 0.6 is 11.6 Å². The largest absolute Gasteiger partial charge is 0.497 e. The topological polar surface area (TPSA) is 46.5 Å². The Morgan fingerprint density at radius 1 is 1.14 bits per heavy atom. The molecule has 0 bridgehead atoms. The molecule has 0 amide bonds. The highest BCUT2D eigenvalue weighted by Crippen LogP contribution is 2.20. The number of hydrogen-bond acceptors (Lipinski definition) is 3. The number of halogens is 1. The molecule has 0 aliphatic heterocycles. The normalized spacial score (nSPS) is 15.0. The van der Waals surface area contributed by atoms with Crippen molar-refractivity contribution in [3.63, 3.8) is 0 Å². The highest BCUT2D eigenvalue weighted by atomic mass is 35.5. The summed E-state index contributed by atoms with van der Waals surface area (Å²) in [6.45, 7) is 0. The van der Waals surface area contributed by atoms with Gasteiger partial charge in [-0.15, -0.1) is 11.6 Å². The van der Waals surface area contributed by atoms with Crippen LogP contribution in [0.15, 0.2) is 59.5 Å². The van der Waals surface area contributed by atoms with Gasteiger partial charge in [-0.3, -0.25) is 4.21 Å². The summed E-state index contributed by atoms with van der Waals surface area (Å²) in [5.74, 6) is 0.796. The van der Waals surface area contributed by atoms with E-state index in [4.69, 9.17) is 16.3 Å². The Bertz CT molecular complexity index is 601. The standard InChI is InChI=1S/C17H19ClO3S/c1-21-14-10-7-13(8-11-14)9-12-16(19)17(18)22(20)15-5-3-2-4-6-15/h2-8,10-11,16-17,19H,9,12H2,1H3. The van der Waals surface area contributed by atoms with Crippen molar-refractivity contribution < 1.29 is 14.1 Å². The van der Waals surface area contributed by atoms with Gasteiger partial charge >= 0.3 is 0 Å². The number of rotatable bonds is 7. The van der Waals surface area contributed by atoms with Crippen LogP contribution in [0.5, 0.6) is 5.75 Å². The third kappa shape index (κ3) is 4.57. The fourth-order valence-electron chi connectivity index (χ4n) is 2.07. The minimum absolute atomic E-state index is 0.457. The van der Waals surface area contributed by atoms with Crippen LogP contribution in [0.2, 0.25) is 0 Å². The van der Waals surface area contributed by atoms with Gasteiger partial charge in [-0.05, 0) is 42.7 Å². The molecular formula is C17H19ClO3S. The third-order valence-electron chi connectivity index (χ3n) is 3.37. The van der Waals surface area contributed by atoms with Gasteiger partial charge in [0.15, 0.2) is 0 Å². The van der Waals surface area contributed by atoms with Gasteiger partial charge in [0.1, 0.15) is 10.5 Å². The molecule has 0 aromatic heterocycles. The second-order valence-corrected chi connectivity index (χ2v) is 7.22. The highest BCUT2D eigenvalue weighted by molar-refractivity contribution is 7.87. The average molecular weight is 339 g/mol. The molecule has 2 rings (SSSR count). The van der Waals surface area contributed by atoms with E-state index in [9.17, 15) is 9.32 Å². The molecule has 1 N–H and O–H groups in total. The molecular weight excluding hydrogens is 320 g/mol. The van der Waals surface area contributed by atoms with E-state index in [2.05, 4.69) is 0 Å². The number of benzene rings is 2. The van der Waals surface area contributed by atoms with Crippen molar-refractivity contribution >= 4 is 22.4 Å². The first-order valence-electron chi connectivity index (χ1n) is 7.02. The lowest BCUT2D eigenvalue weighted by Crippen LogP contribution is -2.26. The molecule has 3 atom stereocenters. The molecule has 22 heavy (non-hydrogen) atoms. The third-order valence-corrected chi connectivity index (χ3v) is 5.61. The van der Waals surface area contributed by atoms with Gasteiger partial charge in [-0.1, -0.05) is 30.3 Å². The molecule has 0 radical (unpaired) electrons. The Kier molecular flexibility index (Phi) is 6.43. The van der Waals surface area contributed by atoms with Crippen molar-refractivity contribution in [2.75, 3.05) is 7.11 Å². The first-order valence-corrected chi connectivity index (χ1v) is 8.67. The second kappa shape index (κ2) is 8.32. The predicted octanol–water partition coefficient (Wildman–Crippen LogP) is 3.36. The molecule has 0 fully saturated rings. The van der Waals surface area contributed by atoms with E-state index >= 15 is 0 Å². The summed E-state index contributed by atoms with van der Waals surface area (Å²) in [4.78, 5) is 0.631. The Balaban J connectivity index is 1.90. The van der Waals surface area contributed by atoms with E-state index in [0.29, 0.717) is 17.7 Å². The Labute approximate surface area is 138 Å². The molecule has 0 heterocycles. The lowest BCUT2D eigenvalue weighted by molar-refractivity contribution is 0.179. The van der Waals surface area contributed by atoms with Gasteiger partial charge in [-0.25, -0.2) is 0 Å². The maximum Gasteiger partial charge on any atom is 0.139 e. The lowest BCUT2D eigenvalue weighted by atomic mass is 10.1. The van der Waals surface area contributed by atoms with Crippen molar-refractivity contribution in [2.45, 2.75) is 28.6 Å². The monoisotopic (exact) mass is 338 g/mol. The Morgan fingerprint density at radius 3 is 2.36 bits per heavy atom. The summed E-state index contributed by atoms with van der Waals surface area (Å²) >= 11 is 6.16. The van der Waals surface area contributed by atoms with Gasteiger partial charge in [-0.2, -0.15) is 0 Å². The van der Waals surface area contributed by atoms with Crippen molar-refractivity contribution in [1.82, 2.24) is 0 Å². The molecule has 0 saturated carbocycles. The van der Waals surface area contributed by atoms with Crippen molar-refractivity contribution in [2.24, 2.45) is 0 Å². The Hall–Kier alpha value is -1.36. The number of aliphatic hydroxyl groups excluding tert-OH is 1. The molecule has 0 saturated heterocycles.